The van der Waals surface area contributed by atoms with Crippen LogP contribution in [0.25, 0.3) is 11.4 Å². The van der Waals surface area contributed by atoms with Gasteiger partial charge in [-0.15, -0.1) is 4.98 Å². The van der Waals surface area contributed by atoms with E-state index in [4.69, 9.17) is 29.0 Å². The molecule has 0 radical (unpaired) electrons. The summed E-state index contributed by atoms with van der Waals surface area (Å²) in [6.45, 7) is 11.0. The molecule has 0 unspecified atom stereocenters. The minimum absolute atomic E-state index is 0.0784. The van der Waals surface area contributed by atoms with Crippen molar-refractivity contribution >= 4 is 0 Å². The highest BCUT2D eigenvalue weighted by Gasteiger charge is 2.20. The first-order chi connectivity index (χ1) is 13.0. The van der Waals surface area contributed by atoms with Crippen LogP contribution in [0.2, 0.25) is 0 Å². The minimum Gasteiger partial charge on any atom is -0.497 e. The third-order valence-electron chi connectivity index (χ3n) is 2.98. The predicted molar refractivity (Wildman–Crippen MR) is 101 cm³/mol. The Morgan fingerprint density at radius 1 is 0.714 bits per heavy atom. The highest BCUT2D eigenvalue weighted by atomic mass is 17.2. The lowest BCUT2D eigenvalue weighted by atomic mass is 10.2. The van der Waals surface area contributed by atoms with Gasteiger partial charge in [-0.2, -0.15) is 19.7 Å². The molecule has 2 rings (SSSR count). The summed E-state index contributed by atoms with van der Waals surface area (Å²) in [5.74, 6) is 1.40. The van der Waals surface area contributed by atoms with Gasteiger partial charge in [0, 0.05) is 6.07 Å². The Bertz CT molecular complexity index is 763. The fourth-order valence-electron chi connectivity index (χ4n) is 1.84. The second-order valence-corrected chi connectivity index (χ2v) is 7.85. The monoisotopic (exact) mass is 393 g/mol. The Hall–Kier alpha value is -2.65. The topological polar surface area (TPSA) is 94.1 Å². The fourth-order valence-corrected chi connectivity index (χ4v) is 1.84. The smallest absolute Gasteiger partial charge is 0.360 e. The van der Waals surface area contributed by atoms with E-state index in [1.165, 1.54) is 0 Å². The van der Waals surface area contributed by atoms with Crippen LogP contribution in [0.15, 0.2) is 18.2 Å². The van der Waals surface area contributed by atoms with Crippen molar-refractivity contribution < 1.29 is 29.0 Å². The molecule has 154 valence electrons. The van der Waals surface area contributed by atoms with Gasteiger partial charge in [-0.25, -0.2) is 0 Å². The normalized spacial score (nSPS) is 11.9. The van der Waals surface area contributed by atoms with E-state index in [9.17, 15) is 0 Å². The van der Waals surface area contributed by atoms with Gasteiger partial charge in [0.05, 0.1) is 19.8 Å². The van der Waals surface area contributed by atoms with Gasteiger partial charge in [0.15, 0.2) is 5.82 Å². The Balaban J connectivity index is 2.44. The summed E-state index contributed by atoms with van der Waals surface area (Å²) < 4.78 is 10.7. The molecule has 0 aliphatic heterocycles. The summed E-state index contributed by atoms with van der Waals surface area (Å²) in [6.07, 6.45) is 0. The van der Waals surface area contributed by atoms with E-state index in [2.05, 4.69) is 15.0 Å². The van der Waals surface area contributed by atoms with Gasteiger partial charge < -0.3 is 9.47 Å². The van der Waals surface area contributed by atoms with Gasteiger partial charge in [-0.1, -0.05) is 0 Å². The molecule has 0 fully saturated rings. The van der Waals surface area contributed by atoms with Crippen LogP contribution < -0.4 is 19.2 Å². The molecule has 1 aromatic heterocycles. The zero-order valence-electron chi connectivity index (χ0n) is 17.5. The maximum Gasteiger partial charge on any atom is 0.360 e. The molecule has 9 nitrogen and oxygen atoms in total. The van der Waals surface area contributed by atoms with Crippen molar-refractivity contribution in [2.24, 2.45) is 0 Å². The molecule has 0 saturated heterocycles. The van der Waals surface area contributed by atoms with Gasteiger partial charge >= 0.3 is 12.0 Å². The minimum atomic E-state index is -0.562. The van der Waals surface area contributed by atoms with Gasteiger partial charge in [-0.3, -0.25) is 9.78 Å². The number of ether oxygens (including phenoxy) is 2. The average Bonchev–Trinajstić information content (AvgIpc) is 2.63. The van der Waals surface area contributed by atoms with E-state index in [0.717, 1.165) is 0 Å². The predicted octanol–water partition coefficient (Wildman–Crippen LogP) is 3.77. The van der Waals surface area contributed by atoms with Gasteiger partial charge in [0.2, 0.25) is 0 Å². The molecule has 0 spiro atoms. The van der Waals surface area contributed by atoms with Crippen LogP contribution in [0.4, 0.5) is 0 Å². The number of hydrogen-bond acceptors (Lipinski definition) is 9. The second kappa shape index (κ2) is 8.57. The Labute approximate surface area is 164 Å². The number of aromatic nitrogens is 3. The SMILES string of the molecule is COc1ccc(-c2nc(OOC(C)(C)C)nc(OOC(C)(C)C)n2)c(OC)c1. The van der Waals surface area contributed by atoms with Gasteiger partial charge in [0.25, 0.3) is 0 Å². The van der Waals surface area contributed by atoms with Crippen molar-refractivity contribution in [3.63, 3.8) is 0 Å². The van der Waals surface area contributed by atoms with E-state index in [-0.39, 0.29) is 17.8 Å². The molecule has 28 heavy (non-hydrogen) atoms. The Morgan fingerprint density at radius 2 is 1.25 bits per heavy atom. The van der Waals surface area contributed by atoms with Crippen LogP contribution in [0.3, 0.4) is 0 Å². The average molecular weight is 393 g/mol. The number of methoxy groups -OCH3 is 2. The van der Waals surface area contributed by atoms with Crippen molar-refractivity contribution in [1.29, 1.82) is 0 Å². The standard InChI is InChI=1S/C19H27N3O6/c1-18(2,3)27-25-16-20-15(21-17(22-16)26-28-19(4,5)6)13-10-9-12(23-7)11-14(13)24-8/h9-11H,1-8H3. The molecule has 1 aromatic carbocycles. The zero-order valence-corrected chi connectivity index (χ0v) is 17.5. The van der Waals surface area contributed by atoms with E-state index in [1.54, 1.807) is 32.4 Å². The Morgan fingerprint density at radius 3 is 1.68 bits per heavy atom. The molecule has 0 saturated carbocycles. The van der Waals surface area contributed by atoms with E-state index in [0.29, 0.717) is 17.1 Å². The van der Waals surface area contributed by atoms with Crippen LogP contribution in [-0.4, -0.2) is 40.4 Å². The molecular weight excluding hydrogens is 366 g/mol. The number of nitrogens with zero attached hydrogens (tertiary/aromatic N) is 3. The maximum absolute atomic E-state index is 5.43. The van der Waals surface area contributed by atoms with Gasteiger partial charge in [0.1, 0.15) is 22.7 Å². The molecule has 1 heterocycles. The highest BCUT2D eigenvalue weighted by molar-refractivity contribution is 5.66. The summed E-state index contributed by atoms with van der Waals surface area (Å²) in [5, 5.41) is 0. The largest absolute Gasteiger partial charge is 0.497 e. The molecule has 0 amide bonds. The molecule has 0 bridgehead atoms. The lowest BCUT2D eigenvalue weighted by Gasteiger charge is -2.18. The molecule has 2 aromatic rings. The van der Waals surface area contributed by atoms with Crippen molar-refractivity contribution in [2.45, 2.75) is 52.7 Å². The Kier molecular flexibility index (Phi) is 6.63. The fraction of sp³-hybridized carbons (Fsp3) is 0.526. The maximum atomic E-state index is 5.43. The van der Waals surface area contributed by atoms with E-state index < -0.39 is 11.2 Å². The van der Waals surface area contributed by atoms with Crippen LogP contribution in [0.1, 0.15) is 41.5 Å². The molecule has 0 aliphatic carbocycles. The number of hydrogen-bond donors (Lipinski definition) is 0. The zero-order chi connectivity index (χ0) is 20.9. The summed E-state index contributed by atoms with van der Waals surface area (Å²) in [7, 11) is 3.11. The van der Waals surface area contributed by atoms with Crippen LogP contribution in [-0.2, 0) is 9.78 Å². The van der Waals surface area contributed by atoms with Crippen LogP contribution in [0, 0.1) is 0 Å². The van der Waals surface area contributed by atoms with Crippen molar-refractivity contribution in [3.05, 3.63) is 18.2 Å². The van der Waals surface area contributed by atoms with E-state index >= 15 is 0 Å². The first-order valence-electron chi connectivity index (χ1n) is 8.70. The first-order valence-corrected chi connectivity index (χ1v) is 8.70. The third kappa shape index (κ3) is 6.50. The molecule has 0 aliphatic rings. The van der Waals surface area contributed by atoms with Crippen molar-refractivity contribution in [1.82, 2.24) is 15.0 Å². The summed E-state index contributed by atoms with van der Waals surface area (Å²) in [6, 6.07) is 5.09. The summed E-state index contributed by atoms with van der Waals surface area (Å²) in [5.41, 5.74) is -0.534. The second-order valence-electron chi connectivity index (χ2n) is 7.85. The quantitative estimate of drug-likeness (QED) is 0.514. The van der Waals surface area contributed by atoms with Crippen molar-refractivity contribution in [3.8, 4) is 34.9 Å². The highest BCUT2D eigenvalue weighted by Crippen LogP contribution is 2.32. The summed E-state index contributed by atoms with van der Waals surface area (Å²) >= 11 is 0. The van der Waals surface area contributed by atoms with Gasteiger partial charge in [-0.05, 0) is 53.7 Å². The lowest BCUT2D eigenvalue weighted by molar-refractivity contribution is -0.287. The third-order valence-corrected chi connectivity index (χ3v) is 2.98. The molecule has 9 heteroatoms. The number of rotatable bonds is 7. The van der Waals surface area contributed by atoms with E-state index in [1.807, 2.05) is 41.5 Å². The van der Waals surface area contributed by atoms with Crippen molar-refractivity contribution in [2.75, 3.05) is 14.2 Å². The summed E-state index contributed by atoms with van der Waals surface area (Å²) in [4.78, 5) is 33.8. The van der Waals surface area contributed by atoms with Crippen LogP contribution in [0.5, 0.6) is 23.5 Å². The van der Waals surface area contributed by atoms with Crippen LogP contribution >= 0.6 is 0 Å². The molecular formula is C19H27N3O6. The lowest BCUT2D eigenvalue weighted by Crippen LogP contribution is -2.23. The first kappa shape index (κ1) is 21.6. The number of benzene rings is 1. The molecule has 0 N–H and O–H groups in total. The molecule has 0 atom stereocenters.